The Morgan fingerprint density at radius 1 is 1.05 bits per heavy atom. The molecule has 20 heavy (non-hydrogen) atoms. The van der Waals surface area contributed by atoms with Crippen LogP contribution in [0.15, 0.2) is 43.7 Å². The monoisotopic (exact) mass is 463 g/mol. The summed E-state index contributed by atoms with van der Waals surface area (Å²) in [5, 5.41) is 0. The van der Waals surface area contributed by atoms with Gasteiger partial charge in [-0.1, -0.05) is 22.0 Å². The Morgan fingerprint density at radius 2 is 1.70 bits per heavy atom. The van der Waals surface area contributed by atoms with Crippen molar-refractivity contribution >= 4 is 53.5 Å². The second-order valence-corrected chi connectivity index (χ2v) is 6.69. The van der Waals surface area contributed by atoms with Gasteiger partial charge in [0.15, 0.2) is 0 Å². The van der Waals surface area contributed by atoms with Crippen LogP contribution in [0.25, 0.3) is 0 Å². The number of methoxy groups -OCH3 is 1. The molecule has 2 N–H and O–H groups in total. The van der Waals surface area contributed by atoms with Crippen LogP contribution in [0.3, 0.4) is 0 Å². The first-order valence-electron chi connectivity index (χ1n) is 5.71. The molecule has 0 aliphatic rings. The number of anilines is 1. The Hall–Kier alpha value is -0.720. The molecule has 0 aliphatic carbocycles. The molecule has 2 aromatic carbocycles. The molecule has 0 aromatic heterocycles. The molecule has 0 fully saturated rings. The molecule has 0 radical (unpaired) electrons. The fourth-order valence-electron chi connectivity index (χ4n) is 1.70. The van der Waals surface area contributed by atoms with Crippen molar-refractivity contribution in [2.75, 3.05) is 12.8 Å². The van der Waals surface area contributed by atoms with Crippen molar-refractivity contribution in [3.8, 4) is 11.5 Å². The van der Waals surface area contributed by atoms with Crippen LogP contribution in [0, 0.1) is 0 Å². The normalized spacial score (nSPS) is 10.4. The second-order valence-electron chi connectivity index (χ2n) is 4.06. The summed E-state index contributed by atoms with van der Waals surface area (Å²) >= 11 is 10.4. The zero-order valence-electron chi connectivity index (χ0n) is 10.6. The highest BCUT2D eigenvalue weighted by molar-refractivity contribution is 9.11. The van der Waals surface area contributed by atoms with E-state index in [2.05, 4.69) is 47.8 Å². The predicted molar refractivity (Wildman–Crippen MR) is 91.3 cm³/mol. The first-order chi connectivity index (χ1) is 9.51. The molecule has 0 saturated heterocycles. The molecule has 6 heteroatoms. The van der Waals surface area contributed by atoms with Crippen molar-refractivity contribution < 1.29 is 9.47 Å². The van der Waals surface area contributed by atoms with Gasteiger partial charge < -0.3 is 15.2 Å². The molecule has 3 nitrogen and oxygen atoms in total. The van der Waals surface area contributed by atoms with Crippen LogP contribution < -0.4 is 15.2 Å². The molecule has 2 aromatic rings. The van der Waals surface area contributed by atoms with Gasteiger partial charge in [-0.15, -0.1) is 0 Å². The van der Waals surface area contributed by atoms with Gasteiger partial charge in [0.25, 0.3) is 0 Å². The maximum Gasteiger partial charge on any atom is 0.148 e. The number of hydrogen-bond acceptors (Lipinski definition) is 3. The molecule has 2 rings (SSSR count). The molecule has 0 aliphatic heterocycles. The Balaban J connectivity index is 2.15. The Kier molecular flexibility index (Phi) is 5.35. The summed E-state index contributed by atoms with van der Waals surface area (Å²) in [5.41, 5.74) is 7.45. The van der Waals surface area contributed by atoms with E-state index >= 15 is 0 Å². The quantitative estimate of drug-likeness (QED) is 0.635. The Labute approximate surface area is 142 Å². The van der Waals surface area contributed by atoms with Gasteiger partial charge in [-0.05, 0) is 61.7 Å². The summed E-state index contributed by atoms with van der Waals surface area (Å²) in [4.78, 5) is 0. The topological polar surface area (TPSA) is 44.5 Å². The van der Waals surface area contributed by atoms with Crippen molar-refractivity contribution in [3.05, 3.63) is 49.3 Å². The molecule has 0 unspecified atom stereocenters. The van der Waals surface area contributed by atoms with E-state index in [1.165, 1.54) is 0 Å². The standard InChI is InChI=1S/C14H12Br3NO2/c1-19-13-3-2-8(4-12(13)18)7-20-14-10(16)5-9(15)6-11(14)17/h2-6H,7,18H2,1H3. The molecule has 0 amide bonds. The van der Waals surface area contributed by atoms with Gasteiger partial charge >= 0.3 is 0 Å². The number of nitrogens with two attached hydrogens (primary N) is 1. The Morgan fingerprint density at radius 3 is 2.25 bits per heavy atom. The fraction of sp³-hybridized carbons (Fsp3) is 0.143. The first kappa shape index (κ1) is 15.7. The summed E-state index contributed by atoms with van der Waals surface area (Å²) in [6.07, 6.45) is 0. The van der Waals surface area contributed by atoms with Gasteiger partial charge in [0.05, 0.1) is 21.7 Å². The van der Waals surface area contributed by atoms with Gasteiger partial charge in [0.1, 0.15) is 18.1 Å². The average Bonchev–Trinajstić information content (AvgIpc) is 2.37. The molecule has 0 heterocycles. The fourth-order valence-corrected chi connectivity index (χ4v) is 4.18. The first-order valence-corrected chi connectivity index (χ1v) is 8.09. The number of nitrogen functional groups attached to an aromatic ring is 1. The van der Waals surface area contributed by atoms with Gasteiger partial charge in [-0.2, -0.15) is 0 Å². The average molecular weight is 466 g/mol. The predicted octanol–water partition coefficient (Wildman–Crippen LogP) is 5.14. The van der Waals surface area contributed by atoms with Crippen molar-refractivity contribution in [1.82, 2.24) is 0 Å². The van der Waals surface area contributed by atoms with Crippen LogP contribution in [0.5, 0.6) is 11.5 Å². The van der Waals surface area contributed by atoms with Gasteiger partial charge in [0, 0.05) is 4.47 Å². The van der Waals surface area contributed by atoms with Crippen LogP contribution in [0.2, 0.25) is 0 Å². The molecule has 106 valence electrons. The van der Waals surface area contributed by atoms with E-state index in [1.807, 2.05) is 30.3 Å². The zero-order chi connectivity index (χ0) is 14.7. The third kappa shape index (κ3) is 3.68. The van der Waals surface area contributed by atoms with Crippen LogP contribution in [0.1, 0.15) is 5.56 Å². The lowest BCUT2D eigenvalue weighted by Crippen LogP contribution is -1.99. The van der Waals surface area contributed by atoms with Crippen molar-refractivity contribution in [1.29, 1.82) is 0 Å². The van der Waals surface area contributed by atoms with E-state index in [1.54, 1.807) is 7.11 Å². The smallest absolute Gasteiger partial charge is 0.148 e. The lowest BCUT2D eigenvalue weighted by molar-refractivity contribution is 0.302. The molecule has 0 bridgehead atoms. The maximum absolute atomic E-state index is 5.88. The molecule has 0 atom stereocenters. The second kappa shape index (κ2) is 6.83. The van der Waals surface area contributed by atoms with Gasteiger partial charge in [-0.3, -0.25) is 0 Å². The third-order valence-electron chi connectivity index (χ3n) is 2.64. The van der Waals surface area contributed by atoms with E-state index in [9.17, 15) is 0 Å². The van der Waals surface area contributed by atoms with Crippen LogP contribution >= 0.6 is 47.8 Å². The van der Waals surface area contributed by atoms with Crippen molar-refractivity contribution in [3.63, 3.8) is 0 Å². The largest absolute Gasteiger partial charge is 0.495 e. The summed E-state index contributed by atoms with van der Waals surface area (Å²) in [6, 6.07) is 9.47. The molecule has 0 saturated carbocycles. The summed E-state index contributed by atoms with van der Waals surface area (Å²) < 4.78 is 13.7. The third-order valence-corrected chi connectivity index (χ3v) is 4.28. The van der Waals surface area contributed by atoms with E-state index < -0.39 is 0 Å². The van der Waals surface area contributed by atoms with E-state index in [0.717, 1.165) is 24.7 Å². The minimum atomic E-state index is 0.424. The summed E-state index contributed by atoms with van der Waals surface area (Å²) in [6.45, 7) is 0.424. The SMILES string of the molecule is COc1ccc(COc2c(Br)cc(Br)cc2Br)cc1N. The highest BCUT2D eigenvalue weighted by Gasteiger charge is 2.09. The minimum Gasteiger partial charge on any atom is -0.495 e. The van der Waals surface area contributed by atoms with Crippen molar-refractivity contribution in [2.45, 2.75) is 6.61 Å². The van der Waals surface area contributed by atoms with Crippen molar-refractivity contribution in [2.24, 2.45) is 0 Å². The number of hydrogen-bond donors (Lipinski definition) is 1. The molecular weight excluding hydrogens is 454 g/mol. The Bertz CT molecular complexity index is 609. The molecular formula is C14H12Br3NO2. The maximum atomic E-state index is 5.88. The lowest BCUT2D eigenvalue weighted by atomic mass is 10.2. The minimum absolute atomic E-state index is 0.424. The number of ether oxygens (including phenoxy) is 2. The van der Waals surface area contributed by atoms with Crippen LogP contribution in [-0.2, 0) is 6.61 Å². The number of halogens is 3. The highest BCUT2D eigenvalue weighted by atomic mass is 79.9. The lowest BCUT2D eigenvalue weighted by Gasteiger charge is -2.12. The van der Waals surface area contributed by atoms with E-state index in [-0.39, 0.29) is 0 Å². The summed E-state index contributed by atoms with van der Waals surface area (Å²) in [5.74, 6) is 1.42. The zero-order valence-corrected chi connectivity index (χ0v) is 15.4. The van der Waals surface area contributed by atoms with E-state index in [0.29, 0.717) is 18.0 Å². The number of rotatable bonds is 4. The van der Waals surface area contributed by atoms with Gasteiger partial charge in [0.2, 0.25) is 0 Å². The van der Waals surface area contributed by atoms with Gasteiger partial charge in [-0.25, -0.2) is 0 Å². The van der Waals surface area contributed by atoms with Crippen LogP contribution in [-0.4, -0.2) is 7.11 Å². The number of benzene rings is 2. The van der Waals surface area contributed by atoms with E-state index in [4.69, 9.17) is 15.2 Å². The molecule has 0 spiro atoms. The van der Waals surface area contributed by atoms with Crippen LogP contribution in [0.4, 0.5) is 5.69 Å². The highest BCUT2D eigenvalue weighted by Crippen LogP contribution is 2.37. The summed E-state index contributed by atoms with van der Waals surface area (Å²) in [7, 11) is 1.60.